The molecule has 0 aliphatic carbocycles. The molecule has 0 saturated carbocycles. The topological polar surface area (TPSA) is 76.4 Å². The Hall–Kier alpha value is -3.04. The number of nitrogens with zero attached hydrogens (tertiary/aromatic N) is 4. The van der Waals surface area contributed by atoms with Crippen molar-refractivity contribution in [1.29, 1.82) is 0 Å². The lowest BCUT2D eigenvalue weighted by Crippen LogP contribution is -2.37. The van der Waals surface area contributed by atoms with Crippen LogP contribution in [0.1, 0.15) is 17.2 Å². The van der Waals surface area contributed by atoms with E-state index < -0.39 is 6.36 Å². The van der Waals surface area contributed by atoms with Crippen molar-refractivity contribution < 1.29 is 17.9 Å². The minimum absolute atomic E-state index is 0.00340. The molecule has 10 heteroatoms. The lowest BCUT2D eigenvalue weighted by atomic mass is 10.2. The van der Waals surface area contributed by atoms with E-state index in [-0.39, 0.29) is 12.3 Å². The van der Waals surface area contributed by atoms with Crippen molar-refractivity contribution >= 4 is 5.96 Å². The van der Waals surface area contributed by atoms with Crippen molar-refractivity contribution in [3.63, 3.8) is 0 Å². The van der Waals surface area contributed by atoms with Gasteiger partial charge in [-0.15, -0.1) is 29.9 Å². The number of benzene rings is 1. The van der Waals surface area contributed by atoms with Gasteiger partial charge in [-0.05, 0) is 13.0 Å². The molecular weight excluding hydrogens is 361 g/mol. The fraction of sp³-hybridized carbons (Fsp3) is 0.353. The van der Waals surface area contributed by atoms with Crippen LogP contribution in [-0.4, -0.2) is 33.6 Å². The number of guanidine groups is 1. The fourth-order valence-electron chi connectivity index (χ4n) is 2.13. The van der Waals surface area contributed by atoms with Crippen LogP contribution in [0.25, 0.3) is 0 Å². The summed E-state index contributed by atoms with van der Waals surface area (Å²) in [4.78, 5) is 4.32. The largest absolute Gasteiger partial charge is 0.573 e. The maximum Gasteiger partial charge on any atom is 0.573 e. The highest BCUT2D eigenvalue weighted by molar-refractivity contribution is 5.79. The molecule has 1 aromatic carbocycles. The first-order valence-corrected chi connectivity index (χ1v) is 8.11. The third-order valence-electron chi connectivity index (χ3n) is 3.62. The van der Waals surface area contributed by atoms with Crippen LogP contribution >= 0.6 is 0 Å². The van der Waals surface area contributed by atoms with Crippen LogP contribution in [0.4, 0.5) is 13.2 Å². The number of aryl methyl sites for hydroxylation is 1. The molecule has 2 rings (SSSR count). The highest BCUT2D eigenvalue weighted by atomic mass is 19.4. The zero-order valence-electron chi connectivity index (χ0n) is 15.0. The average Bonchev–Trinajstić information content (AvgIpc) is 2.93. The fourth-order valence-corrected chi connectivity index (χ4v) is 2.13. The first-order valence-electron chi connectivity index (χ1n) is 8.11. The minimum Gasteiger partial charge on any atom is -0.405 e. The summed E-state index contributed by atoms with van der Waals surface area (Å²) in [6, 6.07) is 5.88. The molecule has 2 N–H and O–H groups in total. The molecule has 1 heterocycles. The van der Waals surface area contributed by atoms with Gasteiger partial charge in [0.25, 0.3) is 0 Å². The number of ether oxygens (including phenoxy) is 1. The van der Waals surface area contributed by atoms with E-state index in [1.54, 1.807) is 12.1 Å². The Balaban J connectivity index is 2.11. The number of halogens is 3. The van der Waals surface area contributed by atoms with Crippen molar-refractivity contribution in [3.05, 3.63) is 54.1 Å². The van der Waals surface area contributed by atoms with Crippen LogP contribution in [0.3, 0.4) is 0 Å². The Labute approximate surface area is 155 Å². The highest BCUT2D eigenvalue weighted by Crippen LogP contribution is 2.26. The number of alkyl halides is 3. The molecule has 0 saturated heterocycles. The third-order valence-corrected chi connectivity index (χ3v) is 3.62. The summed E-state index contributed by atoms with van der Waals surface area (Å²) in [5.74, 6) is 1.59. The summed E-state index contributed by atoms with van der Waals surface area (Å²) in [6.07, 6.45) is -3.12. The molecule has 0 radical (unpaired) electrons. The molecule has 146 valence electrons. The standard InChI is InChI=1S/C17H21F3N6O/c1-4-9-21-16(23-11-15-25-24-12(2)26(15)3)22-10-13-7-5-6-8-14(13)27-17(18,19)20/h4-8H,1,9-11H2,2-3H3,(H2,21,22,23). The second-order valence-corrected chi connectivity index (χ2v) is 5.57. The van der Waals surface area contributed by atoms with Gasteiger partial charge in [0.15, 0.2) is 11.8 Å². The molecule has 0 amide bonds. The molecule has 7 nitrogen and oxygen atoms in total. The van der Waals surface area contributed by atoms with Crippen molar-refractivity contribution in [3.8, 4) is 5.75 Å². The Morgan fingerprint density at radius 1 is 1.30 bits per heavy atom. The maximum absolute atomic E-state index is 12.5. The number of hydrogen-bond donors (Lipinski definition) is 2. The predicted molar refractivity (Wildman–Crippen MR) is 95.0 cm³/mol. The quantitative estimate of drug-likeness (QED) is 0.437. The van der Waals surface area contributed by atoms with Gasteiger partial charge in [-0.25, -0.2) is 4.99 Å². The molecule has 0 unspecified atom stereocenters. The van der Waals surface area contributed by atoms with Crippen LogP contribution in [0.5, 0.6) is 5.75 Å². The van der Waals surface area contributed by atoms with Gasteiger partial charge in [-0.3, -0.25) is 0 Å². The van der Waals surface area contributed by atoms with Crippen molar-refractivity contribution in [2.75, 3.05) is 6.54 Å². The summed E-state index contributed by atoms with van der Waals surface area (Å²) >= 11 is 0. The van der Waals surface area contributed by atoms with Gasteiger partial charge in [0, 0.05) is 19.2 Å². The second-order valence-electron chi connectivity index (χ2n) is 5.57. The molecule has 0 spiro atoms. The van der Waals surface area contributed by atoms with Crippen LogP contribution in [0.2, 0.25) is 0 Å². The van der Waals surface area contributed by atoms with Gasteiger partial charge in [0.1, 0.15) is 11.6 Å². The number of aliphatic imine (C=N–C) groups is 1. The number of rotatable bonds is 7. The molecule has 0 atom stereocenters. The molecular formula is C17H21F3N6O. The van der Waals surface area contributed by atoms with E-state index in [2.05, 4.69) is 37.1 Å². The number of hydrogen-bond acceptors (Lipinski definition) is 4. The molecule has 27 heavy (non-hydrogen) atoms. The van der Waals surface area contributed by atoms with Crippen LogP contribution < -0.4 is 15.4 Å². The summed E-state index contributed by atoms with van der Waals surface area (Å²) in [5.41, 5.74) is 0.309. The van der Waals surface area contributed by atoms with Crippen molar-refractivity contribution in [2.45, 2.75) is 26.4 Å². The van der Waals surface area contributed by atoms with Crippen molar-refractivity contribution in [1.82, 2.24) is 25.4 Å². The summed E-state index contributed by atoms with van der Waals surface area (Å²) in [7, 11) is 1.84. The van der Waals surface area contributed by atoms with Gasteiger partial charge in [-0.2, -0.15) is 0 Å². The van der Waals surface area contributed by atoms with Crippen LogP contribution in [0, 0.1) is 6.92 Å². The van der Waals surface area contributed by atoms with Gasteiger partial charge >= 0.3 is 6.36 Å². The monoisotopic (exact) mass is 382 g/mol. The zero-order chi connectivity index (χ0) is 19.9. The van der Waals surface area contributed by atoms with Crippen LogP contribution in [0.15, 0.2) is 41.9 Å². The summed E-state index contributed by atoms with van der Waals surface area (Å²) in [5, 5.41) is 14.1. The summed E-state index contributed by atoms with van der Waals surface area (Å²) < 4.78 is 43.4. The second kappa shape index (κ2) is 9.06. The molecule has 0 aliphatic heterocycles. The SMILES string of the molecule is C=CCNC(=NCc1ccccc1OC(F)(F)F)NCc1nnc(C)n1C. The Morgan fingerprint density at radius 2 is 2.04 bits per heavy atom. The molecule has 0 aliphatic rings. The van der Waals surface area contributed by atoms with Crippen LogP contribution in [-0.2, 0) is 20.1 Å². The smallest absolute Gasteiger partial charge is 0.405 e. The minimum atomic E-state index is -4.76. The maximum atomic E-state index is 12.5. The zero-order valence-corrected chi connectivity index (χ0v) is 15.0. The Bertz CT molecular complexity index is 800. The Kier molecular flexibility index (Phi) is 6.80. The van der Waals surface area contributed by atoms with E-state index in [4.69, 9.17) is 0 Å². The van der Waals surface area contributed by atoms with E-state index in [0.717, 1.165) is 5.82 Å². The highest BCUT2D eigenvalue weighted by Gasteiger charge is 2.31. The van der Waals surface area contributed by atoms with E-state index in [1.807, 2.05) is 18.5 Å². The third kappa shape index (κ3) is 6.32. The van der Waals surface area contributed by atoms with E-state index in [0.29, 0.717) is 30.4 Å². The first-order chi connectivity index (χ1) is 12.8. The summed E-state index contributed by atoms with van der Waals surface area (Å²) in [6.45, 7) is 6.24. The normalized spacial score (nSPS) is 12.0. The molecule has 0 fully saturated rings. The molecule has 1 aromatic heterocycles. The molecule has 0 bridgehead atoms. The predicted octanol–water partition coefficient (Wildman–Crippen LogP) is 2.44. The van der Waals surface area contributed by atoms with Gasteiger partial charge in [0.2, 0.25) is 0 Å². The lowest BCUT2D eigenvalue weighted by Gasteiger charge is -2.14. The van der Waals surface area contributed by atoms with Gasteiger partial charge in [-0.1, -0.05) is 24.3 Å². The number of aromatic nitrogens is 3. The van der Waals surface area contributed by atoms with E-state index in [9.17, 15) is 13.2 Å². The first kappa shape index (κ1) is 20.3. The Morgan fingerprint density at radius 3 is 2.67 bits per heavy atom. The molecule has 2 aromatic rings. The number of nitrogens with one attached hydrogen (secondary N) is 2. The van der Waals surface area contributed by atoms with Gasteiger partial charge in [0.05, 0.1) is 13.1 Å². The average molecular weight is 382 g/mol. The number of para-hydroxylation sites is 1. The van der Waals surface area contributed by atoms with Crippen molar-refractivity contribution in [2.24, 2.45) is 12.0 Å². The lowest BCUT2D eigenvalue weighted by molar-refractivity contribution is -0.274. The van der Waals surface area contributed by atoms with Gasteiger partial charge < -0.3 is 19.9 Å². The van der Waals surface area contributed by atoms with E-state index >= 15 is 0 Å². The van der Waals surface area contributed by atoms with E-state index in [1.165, 1.54) is 18.2 Å².